The monoisotopic (exact) mass is 244 g/mol. The fourth-order valence-electron chi connectivity index (χ4n) is 1.04. The van der Waals surface area contributed by atoms with Crippen molar-refractivity contribution in [3.8, 4) is 0 Å². The van der Waals surface area contributed by atoms with E-state index in [1.165, 1.54) is 0 Å². The summed E-state index contributed by atoms with van der Waals surface area (Å²) >= 11 is 3.16. The first-order valence-corrected chi connectivity index (χ1v) is 4.94. The Morgan fingerprint density at radius 3 is 3.08 bits per heavy atom. The Kier molecular flexibility index (Phi) is 2.35. The molecule has 13 heavy (non-hydrogen) atoms. The quantitative estimate of drug-likeness (QED) is 0.877. The molecule has 4 nitrogen and oxygen atoms in total. The van der Waals surface area contributed by atoms with Gasteiger partial charge < -0.3 is 9.84 Å². The first-order valence-electron chi connectivity index (χ1n) is 4.14. The Morgan fingerprint density at radius 1 is 1.77 bits per heavy atom. The van der Waals surface area contributed by atoms with Crippen molar-refractivity contribution in [2.75, 3.05) is 0 Å². The Balaban J connectivity index is 1.81. The Morgan fingerprint density at radius 2 is 2.54 bits per heavy atom. The van der Waals surface area contributed by atoms with Gasteiger partial charge in [-0.3, -0.25) is 4.79 Å². The molecule has 0 atom stereocenters. The number of halogens is 1. The molecule has 1 amide bonds. The summed E-state index contributed by atoms with van der Waals surface area (Å²) in [6, 6.07) is 1.74. The topological polar surface area (TPSA) is 55.1 Å². The fourth-order valence-corrected chi connectivity index (χ4v) is 1.36. The highest BCUT2D eigenvalue weighted by atomic mass is 79.9. The number of carbonyl (C=O) groups is 1. The molecule has 2 rings (SSSR count). The molecule has 1 aromatic rings. The lowest BCUT2D eigenvalue weighted by atomic mass is 10.4. The maximum Gasteiger partial charge on any atom is 0.223 e. The van der Waals surface area contributed by atoms with Gasteiger partial charge in [-0.05, 0) is 28.8 Å². The van der Waals surface area contributed by atoms with Crippen molar-refractivity contribution in [1.82, 2.24) is 10.5 Å². The van der Waals surface area contributed by atoms with E-state index >= 15 is 0 Å². The zero-order valence-corrected chi connectivity index (χ0v) is 8.50. The van der Waals surface area contributed by atoms with E-state index in [9.17, 15) is 4.79 Å². The normalized spacial score (nSPS) is 15.8. The van der Waals surface area contributed by atoms with Crippen LogP contribution >= 0.6 is 15.9 Å². The second kappa shape index (κ2) is 3.49. The summed E-state index contributed by atoms with van der Waals surface area (Å²) in [5.74, 6) is 1.03. The van der Waals surface area contributed by atoms with Crippen molar-refractivity contribution in [3.63, 3.8) is 0 Å². The van der Waals surface area contributed by atoms with Crippen LogP contribution in [0, 0.1) is 5.92 Å². The summed E-state index contributed by atoms with van der Waals surface area (Å²) in [6.45, 7) is 0.425. The van der Waals surface area contributed by atoms with Crippen LogP contribution in [0.5, 0.6) is 0 Å². The second-order valence-electron chi connectivity index (χ2n) is 3.11. The van der Waals surface area contributed by atoms with Gasteiger partial charge in [-0.2, -0.15) is 0 Å². The zero-order valence-electron chi connectivity index (χ0n) is 6.92. The average Bonchev–Trinajstić information content (AvgIpc) is 2.87. The molecule has 1 fully saturated rings. The Hall–Kier alpha value is -0.840. The molecule has 1 saturated carbocycles. The van der Waals surface area contributed by atoms with Gasteiger partial charge in [0.15, 0.2) is 5.76 Å². The lowest BCUT2D eigenvalue weighted by Gasteiger charge is -1.98. The van der Waals surface area contributed by atoms with Crippen LogP contribution < -0.4 is 5.32 Å². The molecule has 0 saturated heterocycles. The molecule has 1 aromatic heterocycles. The van der Waals surface area contributed by atoms with Crippen molar-refractivity contribution >= 4 is 21.8 Å². The number of hydrogen-bond donors (Lipinski definition) is 1. The van der Waals surface area contributed by atoms with Crippen LogP contribution in [0.3, 0.4) is 0 Å². The first kappa shape index (κ1) is 8.74. The van der Waals surface area contributed by atoms with Gasteiger partial charge in [0.25, 0.3) is 0 Å². The minimum atomic E-state index is 0.118. The summed E-state index contributed by atoms with van der Waals surface area (Å²) < 4.78 is 5.56. The van der Waals surface area contributed by atoms with Gasteiger partial charge in [-0.25, -0.2) is 0 Å². The number of amides is 1. The van der Waals surface area contributed by atoms with Crippen molar-refractivity contribution in [2.24, 2.45) is 5.92 Å². The van der Waals surface area contributed by atoms with Crippen LogP contribution in [-0.4, -0.2) is 11.1 Å². The third-order valence-electron chi connectivity index (χ3n) is 1.92. The molecule has 0 unspecified atom stereocenters. The van der Waals surface area contributed by atoms with Crippen molar-refractivity contribution in [1.29, 1.82) is 0 Å². The van der Waals surface area contributed by atoms with Gasteiger partial charge >= 0.3 is 0 Å². The molecule has 1 N–H and O–H groups in total. The zero-order chi connectivity index (χ0) is 9.26. The van der Waals surface area contributed by atoms with Crippen LogP contribution in [0.2, 0.25) is 0 Å². The number of hydrogen-bond acceptors (Lipinski definition) is 3. The molecule has 1 heterocycles. The molecule has 0 aromatic carbocycles. The largest absolute Gasteiger partial charge is 0.358 e. The van der Waals surface area contributed by atoms with Crippen LogP contribution in [0.15, 0.2) is 15.2 Å². The van der Waals surface area contributed by atoms with Gasteiger partial charge in [-0.15, -0.1) is 0 Å². The molecule has 1 aliphatic carbocycles. The van der Waals surface area contributed by atoms with Gasteiger partial charge in [0.1, 0.15) is 4.60 Å². The molecular formula is C8H9BrN2O2. The highest BCUT2D eigenvalue weighted by molar-refractivity contribution is 9.10. The number of aromatic nitrogens is 1. The summed E-state index contributed by atoms with van der Waals surface area (Å²) in [5, 5.41) is 6.43. The minimum absolute atomic E-state index is 0.118. The summed E-state index contributed by atoms with van der Waals surface area (Å²) in [4.78, 5) is 11.2. The smallest absolute Gasteiger partial charge is 0.223 e. The molecule has 0 bridgehead atoms. The van der Waals surface area contributed by atoms with E-state index in [0.717, 1.165) is 12.8 Å². The van der Waals surface area contributed by atoms with Crippen molar-refractivity contribution in [2.45, 2.75) is 19.4 Å². The van der Waals surface area contributed by atoms with Crippen molar-refractivity contribution < 1.29 is 9.32 Å². The SMILES string of the molecule is O=C(NCc1cc(Br)no1)C1CC1. The number of rotatable bonds is 3. The summed E-state index contributed by atoms with van der Waals surface area (Å²) in [6.07, 6.45) is 2.04. The Bertz CT molecular complexity index is 320. The Labute approximate surface area is 83.8 Å². The van der Waals surface area contributed by atoms with E-state index in [0.29, 0.717) is 16.9 Å². The lowest BCUT2D eigenvalue weighted by molar-refractivity contribution is -0.122. The van der Waals surface area contributed by atoms with Crippen LogP contribution in [0.4, 0.5) is 0 Å². The standard InChI is InChI=1S/C8H9BrN2O2/c9-7-3-6(13-11-7)4-10-8(12)5-1-2-5/h3,5H,1-2,4H2,(H,10,12). The highest BCUT2D eigenvalue weighted by Gasteiger charge is 2.29. The third-order valence-corrected chi connectivity index (χ3v) is 2.29. The molecule has 0 radical (unpaired) electrons. The molecule has 0 spiro atoms. The van der Waals surface area contributed by atoms with E-state index in [4.69, 9.17) is 4.52 Å². The molecule has 1 aliphatic rings. The second-order valence-corrected chi connectivity index (χ2v) is 3.92. The van der Waals surface area contributed by atoms with Crippen molar-refractivity contribution in [3.05, 3.63) is 16.4 Å². The minimum Gasteiger partial charge on any atom is -0.358 e. The van der Waals surface area contributed by atoms with Crippen LogP contribution in [-0.2, 0) is 11.3 Å². The third kappa shape index (κ3) is 2.30. The number of nitrogens with zero attached hydrogens (tertiary/aromatic N) is 1. The highest BCUT2D eigenvalue weighted by Crippen LogP contribution is 2.28. The summed E-state index contributed by atoms with van der Waals surface area (Å²) in [5.41, 5.74) is 0. The van der Waals surface area contributed by atoms with Gasteiger partial charge in [0.05, 0.1) is 6.54 Å². The maximum absolute atomic E-state index is 11.2. The number of nitrogens with one attached hydrogen (secondary N) is 1. The molecular weight excluding hydrogens is 236 g/mol. The average molecular weight is 245 g/mol. The van der Waals surface area contributed by atoms with E-state index in [1.807, 2.05) is 0 Å². The van der Waals surface area contributed by atoms with Gasteiger partial charge in [0.2, 0.25) is 5.91 Å². The number of carbonyl (C=O) groups excluding carboxylic acids is 1. The maximum atomic E-state index is 11.2. The van der Waals surface area contributed by atoms with E-state index < -0.39 is 0 Å². The lowest BCUT2D eigenvalue weighted by Crippen LogP contribution is -2.23. The van der Waals surface area contributed by atoms with Crippen LogP contribution in [0.25, 0.3) is 0 Å². The predicted octanol–water partition coefficient (Wildman–Crippen LogP) is 1.46. The van der Waals surface area contributed by atoms with Crippen LogP contribution in [0.1, 0.15) is 18.6 Å². The first-order chi connectivity index (χ1) is 6.25. The van der Waals surface area contributed by atoms with E-state index in [-0.39, 0.29) is 11.8 Å². The predicted molar refractivity (Wildman–Crippen MR) is 48.8 cm³/mol. The molecule has 70 valence electrons. The van der Waals surface area contributed by atoms with E-state index in [2.05, 4.69) is 26.4 Å². The van der Waals surface area contributed by atoms with Gasteiger partial charge in [-0.1, -0.05) is 5.16 Å². The fraction of sp³-hybridized carbons (Fsp3) is 0.500. The van der Waals surface area contributed by atoms with E-state index in [1.54, 1.807) is 6.07 Å². The molecule has 0 aliphatic heterocycles. The summed E-state index contributed by atoms with van der Waals surface area (Å²) in [7, 11) is 0. The van der Waals surface area contributed by atoms with Gasteiger partial charge in [0, 0.05) is 12.0 Å². The molecule has 5 heteroatoms.